The maximum Gasteiger partial charge on any atom is 0.220 e. The van der Waals surface area contributed by atoms with E-state index in [0.717, 1.165) is 116 Å². The number of carbonyl (C=O) groups excluding carboxylic acids is 1. The van der Waals surface area contributed by atoms with Crippen molar-refractivity contribution in [3.63, 3.8) is 0 Å². The predicted octanol–water partition coefficient (Wildman–Crippen LogP) is 14.1. The van der Waals surface area contributed by atoms with Crippen LogP contribution >= 0.6 is 0 Å². The molecule has 0 radical (unpaired) electrons. The van der Waals surface area contributed by atoms with Crippen LogP contribution in [0.5, 0.6) is 0 Å². The number of hydrogen-bond acceptors (Lipinski definition) is 8. The van der Waals surface area contributed by atoms with Crippen LogP contribution in [0.25, 0.3) is 0 Å². The van der Waals surface area contributed by atoms with Gasteiger partial charge in [-0.15, -0.1) is 0 Å². The first-order valence-corrected chi connectivity index (χ1v) is 28.4. The van der Waals surface area contributed by atoms with Gasteiger partial charge in [0, 0.05) is 6.42 Å². The summed E-state index contributed by atoms with van der Waals surface area (Å²) >= 11 is 0. The summed E-state index contributed by atoms with van der Waals surface area (Å²) in [7, 11) is 0. The number of carbonyl (C=O) groups is 1. The van der Waals surface area contributed by atoms with Crippen molar-refractivity contribution in [3.05, 3.63) is 134 Å². The van der Waals surface area contributed by atoms with Crippen LogP contribution in [0.3, 0.4) is 0 Å². The first-order valence-electron chi connectivity index (χ1n) is 28.4. The van der Waals surface area contributed by atoms with Crippen LogP contribution in [0.2, 0.25) is 0 Å². The van der Waals surface area contributed by atoms with Crippen LogP contribution in [0, 0.1) is 0 Å². The summed E-state index contributed by atoms with van der Waals surface area (Å²) in [5.74, 6) is -0.212. The third-order valence-electron chi connectivity index (χ3n) is 12.5. The van der Waals surface area contributed by atoms with E-state index in [-0.39, 0.29) is 12.5 Å². The molecule has 1 fully saturated rings. The Balaban J connectivity index is 2.27. The lowest BCUT2D eigenvalue weighted by molar-refractivity contribution is -0.302. The second-order valence-corrected chi connectivity index (χ2v) is 19.0. The highest BCUT2D eigenvalue weighted by Crippen LogP contribution is 2.22. The Morgan fingerprint density at radius 1 is 0.486 bits per heavy atom. The molecular weight excluding hydrogens is 899 g/mol. The molecular formula is C63H103NO8. The molecule has 0 spiro atoms. The highest BCUT2D eigenvalue weighted by atomic mass is 16.7. The van der Waals surface area contributed by atoms with Gasteiger partial charge in [-0.05, 0) is 103 Å². The summed E-state index contributed by atoms with van der Waals surface area (Å²) in [5, 5.41) is 54.4. The molecule has 1 heterocycles. The van der Waals surface area contributed by atoms with E-state index in [1.54, 1.807) is 6.08 Å². The van der Waals surface area contributed by atoms with Crippen molar-refractivity contribution in [2.75, 3.05) is 13.2 Å². The van der Waals surface area contributed by atoms with Gasteiger partial charge in [-0.25, -0.2) is 0 Å². The Kier molecular flexibility index (Phi) is 46.9. The second-order valence-electron chi connectivity index (χ2n) is 19.0. The number of rotatable bonds is 46. The van der Waals surface area contributed by atoms with Gasteiger partial charge in [0.1, 0.15) is 24.4 Å². The summed E-state index contributed by atoms with van der Waals surface area (Å²) in [6, 6.07) is -0.842. The standard InChI is InChI=1S/C63H103NO8/c1-3-5-7-9-11-13-15-17-19-21-22-23-24-25-26-27-28-29-30-31-32-33-34-35-36-37-39-41-43-45-47-49-51-53-59(67)64-56(55-71-63-62(70)61(69)60(68)58(54-65)72-63)57(66)52-50-48-46-44-42-40-38-20-18-16-14-12-10-8-6-4-2/h5,7,11,13,17,19,22-23,25-26,28-29,31-32,34-35,37,39,42,44,50,52,56-58,60-63,65-66,68-70H,3-4,6,8-10,12,14-16,18,20-21,24,27,30,33,36,38,40-41,43,45-49,51,53-55H2,1-2H3,(H,64,67)/b7-5-,13-11-,19-17-,23-22-,26-25-,29-28-,32-31-,35-34-,39-37-,44-42+,52-50+. The van der Waals surface area contributed by atoms with Crippen molar-refractivity contribution in [2.45, 2.75) is 243 Å². The van der Waals surface area contributed by atoms with Gasteiger partial charge in [0.2, 0.25) is 5.91 Å². The molecule has 6 N–H and O–H groups in total. The van der Waals surface area contributed by atoms with E-state index >= 15 is 0 Å². The minimum Gasteiger partial charge on any atom is -0.394 e. The smallest absolute Gasteiger partial charge is 0.220 e. The molecule has 0 bridgehead atoms. The van der Waals surface area contributed by atoms with Crippen LogP contribution in [-0.2, 0) is 14.3 Å². The first-order chi connectivity index (χ1) is 35.3. The predicted molar refractivity (Wildman–Crippen MR) is 303 cm³/mol. The number of ether oxygens (including phenoxy) is 2. The second kappa shape index (κ2) is 50.8. The monoisotopic (exact) mass is 1000 g/mol. The Labute approximate surface area is 439 Å². The van der Waals surface area contributed by atoms with Crippen molar-refractivity contribution in [1.29, 1.82) is 0 Å². The molecule has 408 valence electrons. The number of nitrogens with one attached hydrogen (secondary N) is 1. The molecule has 9 nitrogen and oxygen atoms in total. The fourth-order valence-corrected chi connectivity index (χ4v) is 7.99. The van der Waals surface area contributed by atoms with Gasteiger partial charge < -0.3 is 40.3 Å². The van der Waals surface area contributed by atoms with Crippen LogP contribution in [0.1, 0.15) is 200 Å². The van der Waals surface area contributed by atoms with Crippen molar-refractivity contribution in [1.82, 2.24) is 5.32 Å². The zero-order valence-corrected chi connectivity index (χ0v) is 45.1. The molecule has 7 unspecified atom stereocenters. The molecule has 1 rings (SSSR count). The summed E-state index contributed by atoms with van der Waals surface area (Å²) in [5.41, 5.74) is 0. The van der Waals surface area contributed by atoms with E-state index in [9.17, 15) is 30.3 Å². The van der Waals surface area contributed by atoms with E-state index in [1.807, 2.05) is 6.08 Å². The van der Waals surface area contributed by atoms with Crippen LogP contribution in [0.15, 0.2) is 134 Å². The summed E-state index contributed by atoms with van der Waals surface area (Å²) in [6.45, 7) is 3.62. The lowest BCUT2D eigenvalue weighted by Crippen LogP contribution is -2.60. The van der Waals surface area contributed by atoms with Gasteiger partial charge in [0.15, 0.2) is 6.29 Å². The van der Waals surface area contributed by atoms with Crippen LogP contribution < -0.4 is 5.32 Å². The fraction of sp³-hybridized carbons (Fsp3) is 0.635. The van der Waals surface area contributed by atoms with E-state index in [0.29, 0.717) is 6.42 Å². The number of allylic oxidation sites excluding steroid dienone is 21. The maximum atomic E-state index is 13.0. The summed E-state index contributed by atoms with van der Waals surface area (Å²) in [6.07, 6.45) is 70.8. The Morgan fingerprint density at radius 3 is 1.33 bits per heavy atom. The average molecular weight is 1000 g/mol. The Morgan fingerprint density at radius 2 is 0.875 bits per heavy atom. The van der Waals surface area contributed by atoms with E-state index < -0.39 is 49.5 Å². The molecule has 9 heteroatoms. The zero-order chi connectivity index (χ0) is 52.2. The zero-order valence-electron chi connectivity index (χ0n) is 45.1. The van der Waals surface area contributed by atoms with Crippen LogP contribution in [0.4, 0.5) is 0 Å². The topological polar surface area (TPSA) is 149 Å². The third kappa shape index (κ3) is 39.8. The molecule has 0 aromatic rings. The minimum absolute atomic E-state index is 0.212. The summed E-state index contributed by atoms with van der Waals surface area (Å²) < 4.78 is 11.2. The lowest BCUT2D eigenvalue weighted by Gasteiger charge is -2.40. The van der Waals surface area contributed by atoms with Gasteiger partial charge >= 0.3 is 0 Å². The van der Waals surface area contributed by atoms with Gasteiger partial charge in [-0.2, -0.15) is 0 Å². The first kappa shape index (κ1) is 66.3. The number of hydrogen-bond donors (Lipinski definition) is 6. The number of aliphatic hydroxyl groups is 5. The average Bonchev–Trinajstić information content (AvgIpc) is 3.38. The molecule has 0 aliphatic carbocycles. The van der Waals surface area contributed by atoms with Gasteiger partial charge in [0.05, 0.1) is 25.4 Å². The van der Waals surface area contributed by atoms with E-state index in [2.05, 4.69) is 141 Å². The molecule has 0 saturated carbocycles. The molecule has 0 aromatic heterocycles. The van der Waals surface area contributed by atoms with Crippen molar-refractivity contribution in [3.8, 4) is 0 Å². The lowest BCUT2D eigenvalue weighted by atomic mass is 9.99. The molecule has 1 amide bonds. The number of aliphatic hydroxyl groups excluding tert-OH is 5. The van der Waals surface area contributed by atoms with E-state index in [4.69, 9.17) is 9.47 Å². The number of amides is 1. The SMILES string of the molecule is CC/C=C\C/C=C\C/C=C\C/C=C\C/C=C\C/C=C\C/C=C\C/C=C\C/C=C\CCCCCCCC(=O)NC(COC1OC(CO)C(O)C(O)C1O)C(O)/C=C/CC/C=C/CCCCCCCCCCCC. The molecule has 0 aromatic carbocycles. The molecule has 1 aliphatic rings. The Hall–Kier alpha value is -3.67. The van der Waals surface area contributed by atoms with Gasteiger partial charge in [-0.1, -0.05) is 225 Å². The van der Waals surface area contributed by atoms with Crippen molar-refractivity contribution < 1.29 is 39.8 Å². The van der Waals surface area contributed by atoms with Crippen molar-refractivity contribution >= 4 is 5.91 Å². The van der Waals surface area contributed by atoms with Gasteiger partial charge in [0.25, 0.3) is 0 Å². The molecule has 72 heavy (non-hydrogen) atoms. The quantitative estimate of drug-likeness (QED) is 0.0261. The van der Waals surface area contributed by atoms with Gasteiger partial charge in [-0.3, -0.25) is 4.79 Å². The van der Waals surface area contributed by atoms with Crippen molar-refractivity contribution in [2.24, 2.45) is 0 Å². The highest BCUT2D eigenvalue weighted by molar-refractivity contribution is 5.76. The Bertz CT molecular complexity index is 1580. The van der Waals surface area contributed by atoms with Crippen LogP contribution in [-0.4, -0.2) is 87.5 Å². The summed E-state index contributed by atoms with van der Waals surface area (Å²) in [4.78, 5) is 13.0. The molecule has 7 atom stereocenters. The third-order valence-corrected chi connectivity index (χ3v) is 12.5. The normalized spacial score (nSPS) is 20.2. The van der Waals surface area contributed by atoms with E-state index in [1.165, 1.54) is 64.2 Å². The molecule has 1 saturated heterocycles. The highest BCUT2D eigenvalue weighted by Gasteiger charge is 2.44. The maximum absolute atomic E-state index is 13.0. The number of unbranched alkanes of at least 4 members (excludes halogenated alkanes) is 16. The fourth-order valence-electron chi connectivity index (χ4n) is 7.99. The largest absolute Gasteiger partial charge is 0.394 e. The minimum atomic E-state index is -1.58. The molecule has 1 aliphatic heterocycles.